The Morgan fingerprint density at radius 1 is 0.745 bits per heavy atom. The van der Waals surface area contributed by atoms with Gasteiger partial charge in [-0.3, -0.25) is 29.0 Å². The Balaban J connectivity index is 1.46. The van der Waals surface area contributed by atoms with Crippen molar-refractivity contribution in [2.24, 2.45) is 16.5 Å². The van der Waals surface area contributed by atoms with Crippen LogP contribution in [0.15, 0.2) is 78.3 Å². The zero-order valence-corrected chi connectivity index (χ0v) is 28.0. The third-order valence-electron chi connectivity index (χ3n) is 8.51. The number of para-hydroxylation sites is 1. The number of fused-ring (bicyclic) bond motifs is 1. The summed E-state index contributed by atoms with van der Waals surface area (Å²) >= 11 is 0. The van der Waals surface area contributed by atoms with Crippen molar-refractivity contribution < 1.29 is 24.0 Å². The molecule has 16 heteroatoms. The Morgan fingerprint density at radius 2 is 1.41 bits per heavy atom. The van der Waals surface area contributed by atoms with E-state index in [9.17, 15) is 24.0 Å². The van der Waals surface area contributed by atoms with Crippen molar-refractivity contribution in [2.45, 2.75) is 62.7 Å². The largest absolute Gasteiger partial charge is 0.370 e. The number of hydrogen-bond acceptors (Lipinski definition) is 7. The van der Waals surface area contributed by atoms with Gasteiger partial charge in [0.25, 0.3) is 0 Å². The summed E-state index contributed by atoms with van der Waals surface area (Å²) in [5.74, 6) is -2.99. The summed E-state index contributed by atoms with van der Waals surface area (Å²) < 4.78 is 0. The summed E-state index contributed by atoms with van der Waals surface area (Å²) in [6.45, 7) is 0.138. The number of imidazole rings is 1. The zero-order chi connectivity index (χ0) is 36.2. The van der Waals surface area contributed by atoms with Gasteiger partial charge in [0.05, 0.1) is 6.33 Å². The molecule has 1 fully saturated rings. The van der Waals surface area contributed by atoms with E-state index in [-0.39, 0.29) is 51.2 Å². The average molecular weight is 698 g/mol. The Morgan fingerprint density at radius 3 is 2.14 bits per heavy atom. The fourth-order valence-corrected chi connectivity index (χ4v) is 5.89. The van der Waals surface area contributed by atoms with E-state index in [1.165, 1.54) is 12.5 Å². The number of guanidine groups is 1. The van der Waals surface area contributed by atoms with Crippen LogP contribution in [0.5, 0.6) is 0 Å². The topological polar surface area (TPSA) is 254 Å². The lowest BCUT2D eigenvalue weighted by Crippen LogP contribution is -2.59. The van der Waals surface area contributed by atoms with Gasteiger partial charge in [0.1, 0.15) is 24.2 Å². The van der Waals surface area contributed by atoms with Crippen LogP contribution in [0.1, 0.15) is 36.1 Å². The maximum atomic E-state index is 14.0. The monoisotopic (exact) mass is 697 g/mol. The van der Waals surface area contributed by atoms with Crippen LogP contribution in [0, 0.1) is 0 Å². The number of nitrogens with one attached hydrogen (secondary N) is 7. The molecule has 2 aromatic carbocycles. The summed E-state index contributed by atoms with van der Waals surface area (Å²) in [4.78, 5) is 82.6. The molecule has 4 atom stereocenters. The number of amides is 5. The first-order valence-corrected chi connectivity index (χ1v) is 16.8. The Bertz CT molecular complexity index is 1840. The van der Waals surface area contributed by atoms with Crippen molar-refractivity contribution in [1.82, 2.24) is 41.5 Å². The molecule has 5 amide bonds. The number of hydrogen-bond donors (Lipinski definition) is 9. The molecular formula is C35H43N11O5. The van der Waals surface area contributed by atoms with Crippen LogP contribution in [0.25, 0.3) is 10.9 Å². The van der Waals surface area contributed by atoms with Crippen molar-refractivity contribution in [2.75, 3.05) is 13.1 Å². The van der Waals surface area contributed by atoms with E-state index in [2.05, 4.69) is 46.5 Å². The molecule has 0 spiro atoms. The highest BCUT2D eigenvalue weighted by Gasteiger charge is 2.32. The van der Waals surface area contributed by atoms with E-state index in [4.69, 9.17) is 11.5 Å². The SMILES string of the molecule is NC(N)=NCCCC1NC(=O)[C@@H](Cc2ccccc2)NC(=O)C(Cc2cnc[nH]2)NC(=O)CCNC(=O)C(Cc2c[nH]c3ccccc23)NC1=O. The van der Waals surface area contributed by atoms with Gasteiger partial charge in [-0.25, -0.2) is 4.98 Å². The minimum atomic E-state index is -1.13. The number of carbonyl (C=O) groups is 5. The Hall–Kier alpha value is -6.19. The summed E-state index contributed by atoms with van der Waals surface area (Å²) in [6.07, 6.45) is 5.35. The van der Waals surface area contributed by atoms with Gasteiger partial charge in [-0.05, 0) is 30.0 Å². The molecule has 4 aromatic rings. The second-order valence-corrected chi connectivity index (χ2v) is 12.3. The Kier molecular flexibility index (Phi) is 12.4. The molecule has 1 saturated heterocycles. The zero-order valence-electron chi connectivity index (χ0n) is 28.0. The molecule has 51 heavy (non-hydrogen) atoms. The standard InChI is InChI=1S/C35H43N11O5/c36-35(37)40-13-6-11-26-32(49)46-28(16-22-18-41-25-10-5-4-9-24(22)25)31(48)39-14-12-30(47)43-29(17-23-19-38-20-42-23)34(51)45-27(33(50)44-26)15-21-7-2-1-3-8-21/h1-5,7-10,18-20,26-29,41H,6,11-17H2,(H,38,42)(H,39,48)(H,43,47)(H,44,50)(H,45,51)(H,46,49)(H4,36,37,40)/t26?,27-,28?,29?/m1/s1. The molecule has 3 heterocycles. The highest BCUT2D eigenvalue weighted by Crippen LogP contribution is 2.19. The molecule has 0 bridgehead atoms. The minimum Gasteiger partial charge on any atom is -0.370 e. The fourth-order valence-electron chi connectivity index (χ4n) is 5.89. The van der Waals surface area contributed by atoms with Crippen LogP contribution in [0.2, 0.25) is 0 Å². The van der Waals surface area contributed by atoms with Gasteiger partial charge in [0, 0.05) is 67.8 Å². The second kappa shape index (κ2) is 17.5. The minimum absolute atomic E-state index is 0.0569. The van der Waals surface area contributed by atoms with Crippen LogP contribution in [-0.2, 0) is 43.2 Å². The van der Waals surface area contributed by atoms with Crippen LogP contribution < -0.4 is 38.1 Å². The lowest BCUT2D eigenvalue weighted by atomic mass is 10.0. The van der Waals surface area contributed by atoms with Gasteiger partial charge in [-0.15, -0.1) is 0 Å². The third-order valence-corrected chi connectivity index (χ3v) is 8.51. The van der Waals surface area contributed by atoms with Crippen LogP contribution >= 0.6 is 0 Å². The number of rotatable bonds is 10. The fraction of sp³-hybridized carbons (Fsp3) is 0.343. The molecule has 2 aromatic heterocycles. The summed E-state index contributed by atoms with van der Waals surface area (Å²) in [6, 6.07) is 12.3. The predicted molar refractivity (Wildman–Crippen MR) is 190 cm³/mol. The average Bonchev–Trinajstić information content (AvgIpc) is 3.78. The van der Waals surface area contributed by atoms with E-state index in [0.29, 0.717) is 12.1 Å². The van der Waals surface area contributed by atoms with E-state index >= 15 is 0 Å². The van der Waals surface area contributed by atoms with Gasteiger partial charge < -0.3 is 48.0 Å². The van der Waals surface area contributed by atoms with Crippen LogP contribution in [-0.4, -0.2) is 87.7 Å². The number of aliphatic imine (C=N–C) groups is 1. The van der Waals surface area contributed by atoms with E-state index < -0.39 is 53.7 Å². The maximum absolute atomic E-state index is 14.0. The highest BCUT2D eigenvalue weighted by atomic mass is 16.2. The first-order valence-electron chi connectivity index (χ1n) is 16.8. The van der Waals surface area contributed by atoms with Gasteiger partial charge >= 0.3 is 0 Å². The van der Waals surface area contributed by atoms with Crippen LogP contribution in [0.4, 0.5) is 0 Å². The lowest BCUT2D eigenvalue weighted by Gasteiger charge is -2.27. The van der Waals surface area contributed by atoms with E-state index in [1.807, 2.05) is 54.6 Å². The lowest BCUT2D eigenvalue weighted by molar-refractivity contribution is -0.135. The third kappa shape index (κ3) is 10.4. The molecular weight excluding hydrogens is 654 g/mol. The number of carbonyl (C=O) groups excluding carboxylic acids is 5. The maximum Gasteiger partial charge on any atom is 0.243 e. The molecule has 0 radical (unpaired) electrons. The van der Waals surface area contributed by atoms with Gasteiger partial charge in [0.2, 0.25) is 29.5 Å². The smallest absolute Gasteiger partial charge is 0.243 e. The van der Waals surface area contributed by atoms with Crippen LogP contribution in [0.3, 0.4) is 0 Å². The number of benzene rings is 2. The molecule has 0 aliphatic carbocycles. The molecule has 3 unspecified atom stereocenters. The van der Waals surface area contributed by atoms with Gasteiger partial charge in [-0.2, -0.15) is 0 Å². The molecule has 16 nitrogen and oxygen atoms in total. The van der Waals surface area contributed by atoms with Gasteiger partial charge in [-0.1, -0.05) is 48.5 Å². The van der Waals surface area contributed by atoms with E-state index in [0.717, 1.165) is 22.0 Å². The van der Waals surface area contributed by atoms with Crippen molar-refractivity contribution in [1.29, 1.82) is 0 Å². The van der Waals surface area contributed by atoms with Gasteiger partial charge in [0.15, 0.2) is 5.96 Å². The quantitative estimate of drug-likeness (QED) is 0.0588. The Labute approximate surface area is 294 Å². The molecule has 0 saturated carbocycles. The summed E-state index contributed by atoms with van der Waals surface area (Å²) in [7, 11) is 0. The molecule has 1 aliphatic rings. The number of aromatic nitrogens is 3. The number of aromatic amines is 2. The van der Waals surface area contributed by atoms with Crippen molar-refractivity contribution in [3.8, 4) is 0 Å². The second-order valence-electron chi connectivity index (χ2n) is 12.3. The molecule has 5 rings (SSSR count). The number of nitrogens with two attached hydrogens (primary N) is 2. The summed E-state index contributed by atoms with van der Waals surface area (Å²) in [5, 5.41) is 14.8. The van der Waals surface area contributed by atoms with Crippen molar-refractivity contribution in [3.05, 3.63) is 90.1 Å². The van der Waals surface area contributed by atoms with Crippen molar-refractivity contribution >= 4 is 46.4 Å². The van der Waals surface area contributed by atoms with Crippen molar-refractivity contribution in [3.63, 3.8) is 0 Å². The predicted octanol–water partition coefficient (Wildman–Crippen LogP) is -0.568. The number of H-pyrrole nitrogens is 2. The van der Waals surface area contributed by atoms with E-state index in [1.54, 1.807) is 6.20 Å². The molecule has 11 N–H and O–H groups in total. The highest BCUT2D eigenvalue weighted by molar-refractivity contribution is 5.96. The first kappa shape index (κ1) is 36.1. The molecule has 1 aliphatic heterocycles. The normalized spacial score (nSPS) is 20.8. The first-order chi connectivity index (χ1) is 24.7. The number of nitrogens with zero attached hydrogens (tertiary/aromatic N) is 2. The molecule has 268 valence electrons. The summed E-state index contributed by atoms with van der Waals surface area (Å²) in [5.41, 5.74) is 14.0.